The highest BCUT2D eigenvalue weighted by molar-refractivity contribution is 7.85. The maximum absolute atomic E-state index is 11.2. The van der Waals surface area contributed by atoms with Crippen molar-refractivity contribution in [2.24, 2.45) is 0 Å². The number of rotatable bonds is 4. The van der Waals surface area contributed by atoms with Gasteiger partial charge in [0.15, 0.2) is 0 Å². The van der Waals surface area contributed by atoms with Gasteiger partial charge in [-0.15, -0.1) is 11.3 Å². The van der Waals surface area contributed by atoms with Crippen molar-refractivity contribution < 1.29 is 4.21 Å². The Kier molecular flexibility index (Phi) is 4.49. The fourth-order valence-electron chi connectivity index (χ4n) is 1.91. The first-order valence-electron chi connectivity index (χ1n) is 5.73. The molecule has 0 radical (unpaired) electrons. The van der Waals surface area contributed by atoms with E-state index in [9.17, 15) is 4.21 Å². The van der Waals surface area contributed by atoms with Crippen molar-refractivity contribution in [3.8, 4) is 0 Å². The predicted octanol–water partition coefficient (Wildman–Crippen LogP) is 1.75. The molecule has 1 aromatic heterocycles. The maximum Gasteiger partial charge on any atom is 0.0965 e. The Morgan fingerprint density at radius 2 is 2.38 bits per heavy atom. The number of nitrogens with one attached hydrogen (secondary N) is 1. The van der Waals surface area contributed by atoms with E-state index < -0.39 is 10.8 Å². The molecule has 2 rings (SSSR count). The Hall–Kier alpha value is -0.260. The minimum Gasteiger partial charge on any atom is -0.313 e. The summed E-state index contributed by atoms with van der Waals surface area (Å²) in [6, 6.07) is 0.556. The number of hydrogen-bond donors (Lipinski definition) is 1. The molecule has 16 heavy (non-hydrogen) atoms. The van der Waals surface area contributed by atoms with Crippen molar-refractivity contribution in [3.63, 3.8) is 0 Å². The smallest absolute Gasteiger partial charge is 0.0965 e. The Labute approximate surface area is 103 Å². The van der Waals surface area contributed by atoms with Gasteiger partial charge in [0.1, 0.15) is 0 Å². The van der Waals surface area contributed by atoms with Gasteiger partial charge in [-0.3, -0.25) is 4.21 Å². The second-order valence-electron chi connectivity index (χ2n) is 4.30. The van der Waals surface area contributed by atoms with Crippen LogP contribution in [0.2, 0.25) is 0 Å². The van der Waals surface area contributed by atoms with E-state index in [-0.39, 0.29) is 0 Å². The van der Waals surface area contributed by atoms with Crippen molar-refractivity contribution in [1.82, 2.24) is 10.3 Å². The zero-order chi connectivity index (χ0) is 11.4. The summed E-state index contributed by atoms with van der Waals surface area (Å²) in [5.41, 5.74) is 0. The number of aromatic nitrogens is 1. The lowest BCUT2D eigenvalue weighted by molar-refractivity contribution is 0.459. The van der Waals surface area contributed by atoms with Crippen LogP contribution in [0.4, 0.5) is 0 Å². The first-order valence-corrected chi connectivity index (χ1v) is 8.10. The van der Waals surface area contributed by atoms with Crippen LogP contribution in [0.15, 0.2) is 11.6 Å². The van der Waals surface area contributed by atoms with Crippen molar-refractivity contribution in [2.75, 3.05) is 18.1 Å². The van der Waals surface area contributed by atoms with Crippen LogP contribution in [0.1, 0.15) is 30.7 Å². The monoisotopic (exact) mass is 258 g/mol. The lowest BCUT2D eigenvalue weighted by atomic mass is 10.1. The van der Waals surface area contributed by atoms with Gasteiger partial charge < -0.3 is 5.32 Å². The zero-order valence-corrected chi connectivity index (χ0v) is 11.1. The minimum atomic E-state index is -0.555. The summed E-state index contributed by atoms with van der Waals surface area (Å²) in [5, 5.41) is 6.79. The van der Waals surface area contributed by atoms with Crippen LogP contribution in [0.5, 0.6) is 0 Å². The third-order valence-electron chi connectivity index (χ3n) is 2.97. The zero-order valence-electron chi connectivity index (χ0n) is 9.52. The molecule has 0 aliphatic carbocycles. The number of thiazole rings is 1. The average molecular weight is 258 g/mol. The van der Waals surface area contributed by atoms with Gasteiger partial charge in [-0.2, -0.15) is 0 Å². The standard InChI is InChI=1S/C11H18N2OS2/c1-9(11-12-4-5-15-11)8-13-10-2-6-16(14)7-3-10/h4-5,9-10,13H,2-3,6-8H2,1H3. The van der Waals surface area contributed by atoms with Crippen molar-refractivity contribution in [1.29, 1.82) is 0 Å². The number of nitrogens with zero attached hydrogens (tertiary/aromatic N) is 1. The quantitative estimate of drug-likeness (QED) is 0.894. The molecule has 1 aliphatic heterocycles. The Morgan fingerprint density at radius 1 is 1.62 bits per heavy atom. The molecule has 1 aromatic rings. The second-order valence-corrected chi connectivity index (χ2v) is 6.92. The molecule has 0 spiro atoms. The van der Waals surface area contributed by atoms with Gasteiger partial charge in [0.25, 0.3) is 0 Å². The van der Waals surface area contributed by atoms with Crippen LogP contribution in [-0.2, 0) is 10.8 Å². The largest absolute Gasteiger partial charge is 0.313 e. The molecule has 1 aliphatic rings. The van der Waals surface area contributed by atoms with Gasteiger partial charge in [0.05, 0.1) is 5.01 Å². The van der Waals surface area contributed by atoms with Gasteiger partial charge in [-0.1, -0.05) is 6.92 Å². The van der Waals surface area contributed by atoms with Gasteiger partial charge in [-0.05, 0) is 12.8 Å². The fourth-order valence-corrected chi connectivity index (χ4v) is 3.90. The highest BCUT2D eigenvalue weighted by Gasteiger charge is 2.18. The van der Waals surface area contributed by atoms with E-state index in [0.717, 1.165) is 30.9 Å². The molecule has 0 aromatic carbocycles. The average Bonchev–Trinajstić information content (AvgIpc) is 2.81. The minimum absolute atomic E-state index is 0.479. The van der Waals surface area contributed by atoms with E-state index in [2.05, 4.69) is 17.2 Å². The molecular formula is C11H18N2OS2. The summed E-state index contributed by atoms with van der Waals surface area (Å²) in [5.74, 6) is 2.21. The van der Waals surface area contributed by atoms with Gasteiger partial charge in [-0.25, -0.2) is 4.98 Å². The molecule has 3 nitrogen and oxygen atoms in total. The van der Waals surface area contributed by atoms with Gasteiger partial charge in [0, 0.05) is 52.4 Å². The fraction of sp³-hybridized carbons (Fsp3) is 0.727. The first-order chi connectivity index (χ1) is 7.75. The molecule has 1 N–H and O–H groups in total. The Morgan fingerprint density at radius 3 is 3.00 bits per heavy atom. The molecule has 1 unspecified atom stereocenters. The molecule has 1 fully saturated rings. The third kappa shape index (κ3) is 3.37. The van der Waals surface area contributed by atoms with Crippen LogP contribution in [0.3, 0.4) is 0 Å². The van der Waals surface area contributed by atoms with E-state index in [0.29, 0.717) is 12.0 Å². The summed E-state index contributed by atoms with van der Waals surface area (Å²) < 4.78 is 11.2. The van der Waals surface area contributed by atoms with Gasteiger partial charge in [0.2, 0.25) is 0 Å². The van der Waals surface area contributed by atoms with E-state index in [4.69, 9.17) is 0 Å². The highest BCUT2D eigenvalue weighted by Crippen LogP contribution is 2.17. The first kappa shape index (κ1) is 12.2. The second kappa shape index (κ2) is 5.89. The van der Waals surface area contributed by atoms with Crippen molar-refractivity contribution >= 4 is 22.1 Å². The summed E-state index contributed by atoms with van der Waals surface area (Å²) in [4.78, 5) is 4.32. The predicted molar refractivity (Wildman–Crippen MR) is 69.4 cm³/mol. The van der Waals surface area contributed by atoms with Crippen molar-refractivity contribution in [2.45, 2.75) is 31.7 Å². The molecule has 1 saturated heterocycles. The molecule has 5 heteroatoms. The lowest BCUT2D eigenvalue weighted by Crippen LogP contribution is -2.37. The molecule has 90 valence electrons. The Bertz CT molecular complexity index is 330. The van der Waals surface area contributed by atoms with E-state index in [1.54, 1.807) is 11.3 Å². The molecular weight excluding hydrogens is 240 g/mol. The van der Waals surface area contributed by atoms with E-state index in [1.165, 1.54) is 5.01 Å². The third-order valence-corrected chi connectivity index (χ3v) is 5.36. The molecule has 0 bridgehead atoms. The summed E-state index contributed by atoms with van der Waals surface area (Å²) >= 11 is 1.72. The molecule has 0 saturated carbocycles. The number of hydrogen-bond acceptors (Lipinski definition) is 4. The highest BCUT2D eigenvalue weighted by atomic mass is 32.2. The van der Waals surface area contributed by atoms with Crippen LogP contribution < -0.4 is 5.32 Å². The summed E-state index contributed by atoms with van der Waals surface area (Å²) in [7, 11) is -0.555. The Balaban J connectivity index is 1.73. The van der Waals surface area contributed by atoms with Crippen LogP contribution in [0.25, 0.3) is 0 Å². The normalized spacial score (nSPS) is 27.8. The van der Waals surface area contributed by atoms with Crippen molar-refractivity contribution in [3.05, 3.63) is 16.6 Å². The lowest BCUT2D eigenvalue weighted by Gasteiger charge is -2.23. The van der Waals surface area contributed by atoms with Gasteiger partial charge >= 0.3 is 0 Å². The van der Waals surface area contributed by atoms with Crippen LogP contribution in [0, 0.1) is 0 Å². The summed E-state index contributed by atoms with van der Waals surface area (Å²) in [6.07, 6.45) is 3.97. The molecule has 0 amide bonds. The van der Waals surface area contributed by atoms with Crippen LogP contribution in [-0.4, -0.2) is 33.3 Å². The topological polar surface area (TPSA) is 42.0 Å². The SMILES string of the molecule is CC(CNC1CCS(=O)CC1)c1nccs1. The maximum atomic E-state index is 11.2. The van der Waals surface area contributed by atoms with E-state index in [1.807, 2.05) is 11.6 Å². The summed E-state index contributed by atoms with van der Waals surface area (Å²) in [6.45, 7) is 3.18. The van der Waals surface area contributed by atoms with E-state index >= 15 is 0 Å². The molecule has 1 atom stereocenters. The molecule has 2 heterocycles. The van der Waals surface area contributed by atoms with Crippen LogP contribution >= 0.6 is 11.3 Å².